The Kier molecular flexibility index (Phi) is 4.78. The highest BCUT2D eigenvalue weighted by atomic mass is 32.2. The van der Waals surface area contributed by atoms with Gasteiger partial charge in [0, 0.05) is 13.1 Å². The van der Waals surface area contributed by atoms with Gasteiger partial charge in [0.25, 0.3) is 0 Å². The third-order valence-corrected chi connectivity index (χ3v) is 7.22. The maximum absolute atomic E-state index is 12.8. The first-order valence-electron chi connectivity index (χ1n) is 8.38. The second-order valence-corrected chi connectivity index (χ2v) is 8.78. The van der Waals surface area contributed by atoms with E-state index in [2.05, 4.69) is 4.90 Å². The number of hydrogen-bond acceptors (Lipinski definition) is 4. The van der Waals surface area contributed by atoms with Gasteiger partial charge in [-0.25, -0.2) is 8.42 Å². The summed E-state index contributed by atoms with van der Waals surface area (Å²) < 4.78 is 27.0. The number of rotatable bonds is 4. The van der Waals surface area contributed by atoms with E-state index < -0.39 is 16.1 Å². The molecule has 1 aliphatic carbocycles. The van der Waals surface area contributed by atoms with Gasteiger partial charge < -0.3 is 5.11 Å². The van der Waals surface area contributed by atoms with Gasteiger partial charge in [0.2, 0.25) is 10.0 Å². The van der Waals surface area contributed by atoms with Crippen LogP contribution in [0.2, 0.25) is 0 Å². The number of hydrogen-bond donors (Lipinski definition) is 1. The second-order valence-electron chi connectivity index (χ2n) is 6.78. The molecule has 0 amide bonds. The minimum atomic E-state index is -3.56. The van der Waals surface area contributed by atoms with Crippen molar-refractivity contribution in [3.8, 4) is 0 Å². The van der Waals surface area contributed by atoms with Crippen LogP contribution >= 0.6 is 0 Å². The quantitative estimate of drug-likeness (QED) is 0.906. The topological polar surface area (TPSA) is 60.9 Å². The van der Waals surface area contributed by atoms with Gasteiger partial charge in [0.05, 0.1) is 17.0 Å². The van der Waals surface area contributed by atoms with Crippen molar-refractivity contribution in [2.24, 2.45) is 0 Å². The van der Waals surface area contributed by atoms with Crippen molar-refractivity contribution in [2.75, 3.05) is 20.1 Å². The van der Waals surface area contributed by atoms with Gasteiger partial charge in [-0.15, -0.1) is 0 Å². The molecule has 5 nitrogen and oxygen atoms in total. The molecule has 6 heteroatoms. The van der Waals surface area contributed by atoms with Gasteiger partial charge in [-0.2, -0.15) is 4.31 Å². The summed E-state index contributed by atoms with van der Waals surface area (Å²) in [4.78, 5) is 2.61. The summed E-state index contributed by atoms with van der Waals surface area (Å²) in [5, 5.41) is 10.7. The molecule has 1 aromatic carbocycles. The highest BCUT2D eigenvalue weighted by Crippen LogP contribution is 2.32. The van der Waals surface area contributed by atoms with Crippen LogP contribution in [0.15, 0.2) is 29.2 Å². The lowest BCUT2D eigenvalue weighted by atomic mass is 10.1. The fraction of sp³-hybridized carbons (Fsp3) is 0.647. The number of nitrogens with zero attached hydrogens (tertiary/aromatic N) is 2. The molecule has 1 saturated carbocycles. The molecule has 0 unspecified atom stereocenters. The lowest BCUT2D eigenvalue weighted by molar-refractivity contribution is 0.0536. The molecule has 1 aromatic rings. The first-order valence-corrected chi connectivity index (χ1v) is 9.82. The van der Waals surface area contributed by atoms with E-state index in [4.69, 9.17) is 0 Å². The molecule has 1 N–H and O–H groups in total. The molecule has 23 heavy (non-hydrogen) atoms. The van der Waals surface area contributed by atoms with Crippen LogP contribution in [0.5, 0.6) is 0 Å². The molecular weight excluding hydrogens is 312 g/mol. The smallest absolute Gasteiger partial charge is 0.243 e. The van der Waals surface area contributed by atoms with Gasteiger partial charge >= 0.3 is 0 Å². The van der Waals surface area contributed by atoms with Gasteiger partial charge in [-0.05, 0) is 57.8 Å². The van der Waals surface area contributed by atoms with Crippen LogP contribution in [-0.2, 0) is 10.0 Å². The Hall–Kier alpha value is -0.950. The Labute approximate surface area is 139 Å². The van der Waals surface area contributed by atoms with E-state index in [0.29, 0.717) is 11.3 Å². The van der Waals surface area contributed by atoms with E-state index in [1.54, 1.807) is 31.3 Å². The normalized spacial score (nSPS) is 29.5. The number of benzene rings is 1. The summed E-state index contributed by atoms with van der Waals surface area (Å²) >= 11 is 0. The van der Waals surface area contributed by atoms with Crippen molar-refractivity contribution >= 4 is 10.0 Å². The van der Waals surface area contributed by atoms with Crippen molar-refractivity contribution in [3.05, 3.63) is 29.8 Å². The standard InChI is InChI=1S/C17H26N2O3S/c1-13-5-7-14(8-6-13)23(21,22)18(2)15-9-10-16(17(15)20)19-11-3-4-12-19/h5-8,15-17,20H,3-4,9-12H2,1-2H3/t15-,16-,17-/m1/s1. The highest BCUT2D eigenvalue weighted by Gasteiger charge is 2.43. The molecule has 2 fully saturated rings. The Morgan fingerprint density at radius 1 is 1.13 bits per heavy atom. The maximum Gasteiger partial charge on any atom is 0.243 e. The Morgan fingerprint density at radius 3 is 2.35 bits per heavy atom. The zero-order valence-electron chi connectivity index (χ0n) is 13.9. The lowest BCUT2D eigenvalue weighted by Crippen LogP contribution is -2.48. The van der Waals surface area contributed by atoms with Crippen molar-refractivity contribution in [1.29, 1.82) is 0 Å². The average Bonchev–Trinajstić information content (AvgIpc) is 3.16. The van der Waals surface area contributed by atoms with Crippen molar-refractivity contribution in [1.82, 2.24) is 9.21 Å². The maximum atomic E-state index is 12.8. The number of likely N-dealkylation sites (tertiary alicyclic amines) is 1. The fourth-order valence-electron chi connectivity index (χ4n) is 3.86. The summed E-state index contributed by atoms with van der Waals surface area (Å²) in [5.74, 6) is 0. The van der Waals surface area contributed by atoms with E-state index in [1.807, 2.05) is 6.92 Å². The Bertz CT molecular complexity index is 638. The van der Waals surface area contributed by atoms with E-state index in [1.165, 1.54) is 17.1 Å². The van der Waals surface area contributed by atoms with Gasteiger partial charge in [0.1, 0.15) is 0 Å². The minimum Gasteiger partial charge on any atom is -0.390 e. The zero-order chi connectivity index (χ0) is 16.6. The number of likely N-dealkylation sites (N-methyl/N-ethyl adjacent to an activating group) is 1. The van der Waals surface area contributed by atoms with Gasteiger partial charge in [-0.1, -0.05) is 17.7 Å². The van der Waals surface area contributed by atoms with Crippen LogP contribution in [0.3, 0.4) is 0 Å². The predicted octanol–water partition coefficient (Wildman–Crippen LogP) is 1.60. The molecule has 1 aliphatic heterocycles. The van der Waals surface area contributed by atoms with Crippen LogP contribution in [-0.4, -0.2) is 61.1 Å². The Balaban J connectivity index is 1.77. The molecule has 3 atom stereocenters. The van der Waals surface area contributed by atoms with Crippen molar-refractivity contribution < 1.29 is 13.5 Å². The molecular formula is C17H26N2O3S. The summed E-state index contributed by atoms with van der Waals surface area (Å²) in [6, 6.07) is 6.64. The summed E-state index contributed by atoms with van der Waals surface area (Å²) in [6.45, 7) is 3.97. The molecule has 1 saturated heterocycles. The number of aryl methyl sites for hydroxylation is 1. The van der Waals surface area contributed by atoms with Crippen LogP contribution in [0.1, 0.15) is 31.2 Å². The molecule has 1 heterocycles. The lowest BCUT2D eigenvalue weighted by Gasteiger charge is -2.31. The largest absolute Gasteiger partial charge is 0.390 e. The van der Waals surface area contributed by atoms with E-state index in [-0.39, 0.29) is 12.1 Å². The SMILES string of the molecule is Cc1ccc(S(=O)(=O)N(C)[C@@H]2CC[C@@H](N3CCCC3)[C@@H]2O)cc1. The Morgan fingerprint density at radius 2 is 1.74 bits per heavy atom. The minimum absolute atomic E-state index is 0.0955. The van der Waals surface area contributed by atoms with E-state index >= 15 is 0 Å². The second kappa shape index (κ2) is 6.51. The summed E-state index contributed by atoms with van der Waals surface area (Å²) in [6.07, 6.45) is 3.30. The van der Waals surface area contributed by atoms with E-state index in [0.717, 1.165) is 25.1 Å². The number of sulfonamides is 1. The molecule has 0 aromatic heterocycles. The molecule has 0 bridgehead atoms. The highest BCUT2D eigenvalue weighted by molar-refractivity contribution is 7.89. The van der Waals surface area contributed by atoms with Crippen LogP contribution in [0.4, 0.5) is 0 Å². The van der Waals surface area contributed by atoms with Crippen LogP contribution < -0.4 is 0 Å². The summed E-state index contributed by atoms with van der Waals surface area (Å²) in [7, 11) is -1.97. The number of aliphatic hydroxyl groups excluding tert-OH is 1. The molecule has 3 rings (SSSR count). The first kappa shape index (κ1) is 16.9. The molecule has 0 radical (unpaired) electrons. The molecule has 0 spiro atoms. The third kappa shape index (κ3) is 3.18. The fourth-order valence-corrected chi connectivity index (χ4v) is 5.26. The molecule has 128 valence electrons. The monoisotopic (exact) mass is 338 g/mol. The van der Waals surface area contributed by atoms with Gasteiger partial charge in [-0.3, -0.25) is 4.90 Å². The van der Waals surface area contributed by atoms with Crippen LogP contribution in [0, 0.1) is 6.92 Å². The van der Waals surface area contributed by atoms with E-state index in [9.17, 15) is 13.5 Å². The van der Waals surface area contributed by atoms with Crippen molar-refractivity contribution in [3.63, 3.8) is 0 Å². The summed E-state index contributed by atoms with van der Waals surface area (Å²) in [5.41, 5.74) is 1.03. The van der Waals surface area contributed by atoms with Gasteiger partial charge in [0.15, 0.2) is 0 Å². The predicted molar refractivity (Wildman–Crippen MR) is 89.8 cm³/mol. The van der Waals surface area contributed by atoms with Crippen LogP contribution in [0.25, 0.3) is 0 Å². The number of aliphatic hydroxyl groups is 1. The average molecular weight is 338 g/mol. The first-order chi connectivity index (χ1) is 10.9. The van der Waals surface area contributed by atoms with Crippen molar-refractivity contribution in [2.45, 2.75) is 55.7 Å². The molecule has 2 aliphatic rings. The third-order valence-electron chi connectivity index (χ3n) is 5.32. The zero-order valence-corrected chi connectivity index (χ0v) is 14.7.